The second kappa shape index (κ2) is 6.94. The number of carbonyl (C=O) groups is 1. The van der Waals surface area contributed by atoms with E-state index in [1.165, 1.54) is 6.42 Å². The molecule has 0 bridgehead atoms. The number of hydrogen-bond donors (Lipinski definition) is 1. The maximum absolute atomic E-state index is 11.3. The van der Waals surface area contributed by atoms with Crippen LogP contribution in [0.1, 0.15) is 44.1 Å². The Kier molecular flexibility index (Phi) is 5.23. The first-order chi connectivity index (χ1) is 10.1. The van der Waals surface area contributed by atoms with Crippen LogP contribution in [0.4, 0.5) is 0 Å². The van der Waals surface area contributed by atoms with Gasteiger partial charge in [-0.1, -0.05) is 37.5 Å². The molecule has 4 nitrogen and oxygen atoms in total. The number of benzene rings is 1. The molecular formula is C17H25NO3. The van der Waals surface area contributed by atoms with Gasteiger partial charge >= 0.3 is 5.97 Å². The van der Waals surface area contributed by atoms with Crippen LogP contribution in [0, 0.1) is 0 Å². The van der Waals surface area contributed by atoms with E-state index in [1.807, 2.05) is 31.3 Å². The SMILES string of the molecule is COc1ccccc1CN(C)C1(CC(=O)O)CCCCC1. The van der Waals surface area contributed by atoms with Crippen molar-refractivity contribution < 1.29 is 14.6 Å². The van der Waals surface area contributed by atoms with Crippen LogP contribution in [0.25, 0.3) is 0 Å². The zero-order valence-corrected chi connectivity index (χ0v) is 13.0. The van der Waals surface area contributed by atoms with Crippen molar-refractivity contribution in [1.29, 1.82) is 0 Å². The highest BCUT2D eigenvalue weighted by Crippen LogP contribution is 2.37. The van der Waals surface area contributed by atoms with E-state index in [0.29, 0.717) is 0 Å². The Hall–Kier alpha value is -1.55. The minimum Gasteiger partial charge on any atom is -0.496 e. The highest BCUT2D eigenvalue weighted by atomic mass is 16.5. The van der Waals surface area contributed by atoms with Crippen molar-refractivity contribution >= 4 is 5.97 Å². The molecule has 0 heterocycles. The molecule has 116 valence electrons. The number of rotatable bonds is 6. The zero-order valence-electron chi connectivity index (χ0n) is 13.0. The van der Waals surface area contributed by atoms with Crippen LogP contribution in [0.5, 0.6) is 5.75 Å². The summed E-state index contributed by atoms with van der Waals surface area (Å²) in [4.78, 5) is 13.5. The molecule has 0 saturated heterocycles. The van der Waals surface area contributed by atoms with Crippen LogP contribution in [-0.2, 0) is 11.3 Å². The molecule has 21 heavy (non-hydrogen) atoms. The van der Waals surface area contributed by atoms with Gasteiger partial charge in [-0.25, -0.2) is 0 Å². The number of carboxylic acid groups (broad SMARTS) is 1. The zero-order chi connectivity index (χ0) is 15.3. The molecule has 0 amide bonds. The first-order valence-corrected chi connectivity index (χ1v) is 7.62. The largest absolute Gasteiger partial charge is 0.496 e. The Bertz CT molecular complexity index is 481. The summed E-state index contributed by atoms with van der Waals surface area (Å²) in [6.45, 7) is 0.720. The van der Waals surface area contributed by atoms with E-state index in [0.717, 1.165) is 43.5 Å². The van der Waals surface area contributed by atoms with Gasteiger partial charge in [0.2, 0.25) is 0 Å². The highest BCUT2D eigenvalue weighted by Gasteiger charge is 2.38. The molecule has 0 atom stereocenters. The van der Waals surface area contributed by atoms with Gasteiger partial charge in [-0.05, 0) is 26.0 Å². The van der Waals surface area contributed by atoms with Crippen molar-refractivity contribution in [3.05, 3.63) is 29.8 Å². The number of ether oxygens (including phenoxy) is 1. The van der Waals surface area contributed by atoms with Gasteiger partial charge in [-0.2, -0.15) is 0 Å². The molecule has 1 saturated carbocycles. The van der Waals surface area contributed by atoms with Crippen LogP contribution >= 0.6 is 0 Å². The van der Waals surface area contributed by atoms with Crippen LogP contribution < -0.4 is 4.74 Å². The summed E-state index contributed by atoms with van der Waals surface area (Å²) in [6.07, 6.45) is 5.59. The van der Waals surface area contributed by atoms with Crippen molar-refractivity contribution in [2.45, 2.75) is 50.6 Å². The lowest BCUT2D eigenvalue weighted by Crippen LogP contribution is -2.49. The second-order valence-corrected chi connectivity index (χ2v) is 6.02. The van der Waals surface area contributed by atoms with Crippen molar-refractivity contribution in [3.63, 3.8) is 0 Å². The molecular weight excluding hydrogens is 266 g/mol. The van der Waals surface area contributed by atoms with E-state index in [-0.39, 0.29) is 12.0 Å². The van der Waals surface area contributed by atoms with Gasteiger partial charge in [-0.3, -0.25) is 9.69 Å². The number of nitrogens with zero attached hydrogens (tertiary/aromatic N) is 1. The summed E-state index contributed by atoms with van der Waals surface area (Å²) >= 11 is 0. The molecule has 0 radical (unpaired) electrons. The Balaban J connectivity index is 2.18. The second-order valence-electron chi connectivity index (χ2n) is 6.02. The van der Waals surface area contributed by atoms with Gasteiger partial charge in [0.1, 0.15) is 5.75 Å². The normalized spacial score (nSPS) is 17.7. The van der Waals surface area contributed by atoms with Crippen LogP contribution in [0.2, 0.25) is 0 Å². The third-order valence-corrected chi connectivity index (χ3v) is 4.67. The molecule has 1 aliphatic rings. The standard InChI is InChI=1S/C17H25NO3/c1-18(13-14-8-4-5-9-15(14)21-2)17(12-16(19)20)10-6-3-7-11-17/h4-5,8-9H,3,6-7,10-13H2,1-2H3,(H,19,20). The van der Waals surface area contributed by atoms with Gasteiger partial charge in [0.05, 0.1) is 13.5 Å². The summed E-state index contributed by atoms with van der Waals surface area (Å²) in [7, 11) is 3.72. The number of hydrogen-bond acceptors (Lipinski definition) is 3. The lowest BCUT2D eigenvalue weighted by atomic mass is 9.78. The maximum atomic E-state index is 11.3. The van der Waals surface area contributed by atoms with Gasteiger partial charge in [-0.15, -0.1) is 0 Å². The molecule has 2 rings (SSSR count). The monoisotopic (exact) mass is 291 g/mol. The van der Waals surface area contributed by atoms with Gasteiger partial charge in [0.25, 0.3) is 0 Å². The predicted molar refractivity (Wildman–Crippen MR) is 82.5 cm³/mol. The Labute approximate surface area is 126 Å². The van der Waals surface area contributed by atoms with Crippen LogP contribution in [0.15, 0.2) is 24.3 Å². The van der Waals surface area contributed by atoms with E-state index in [1.54, 1.807) is 7.11 Å². The molecule has 1 aromatic rings. The van der Waals surface area contributed by atoms with E-state index in [4.69, 9.17) is 4.74 Å². The van der Waals surface area contributed by atoms with Gasteiger partial charge in [0.15, 0.2) is 0 Å². The minimum absolute atomic E-state index is 0.217. The van der Waals surface area contributed by atoms with Gasteiger partial charge < -0.3 is 9.84 Å². The average molecular weight is 291 g/mol. The quantitative estimate of drug-likeness (QED) is 0.873. The van der Waals surface area contributed by atoms with Crippen molar-refractivity contribution in [2.24, 2.45) is 0 Å². The molecule has 0 spiro atoms. The average Bonchev–Trinajstić information content (AvgIpc) is 2.48. The van der Waals surface area contributed by atoms with Crippen LogP contribution in [-0.4, -0.2) is 35.7 Å². The summed E-state index contributed by atoms with van der Waals surface area (Å²) < 4.78 is 5.40. The highest BCUT2D eigenvalue weighted by molar-refractivity contribution is 5.68. The minimum atomic E-state index is -0.705. The van der Waals surface area contributed by atoms with Crippen molar-refractivity contribution in [1.82, 2.24) is 4.90 Å². The summed E-state index contributed by atoms with van der Waals surface area (Å²) in [5.41, 5.74) is 0.892. The third-order valence-electron chi connectivity index (χ3n) is 4.67. The third kappa shape index (κ3) is 3.76. The van der Waals surface area contributed by atoms with E-state index in [9.17, 15) is 9.90 Å². The molecule has 4 heteroatoms. The van der Waals surface area contributed by atoms with E-state index >= 15 is 0 Å². The fourth-order valence-electron chi connectivity index (χ4n) is 3.44. The molecule has 1 aliphatic carbocycles. The molecule has 0 unspecified atom stereocenters. The number of aliphatic carboxylic acids is 1. The van der Waals surface area contributed by atoms with E-state index < -0.39 is 5.97 Å². The topological polar surface area (TPSA) is 49.8 Å². The molecule has 0 aromatic heterocycles. The first-order valence-electron chi connectivity index (χ1n) is 7.62. The number of methoxy groups -OCH3 is 1. The fraction of sp³-hybridized carbons (Fsp3) is 0.588. The fourth-order valence-corrected chi connectivity index (χ4v) is 3.44. The molecule has 1 fully saturated rings. The predicted octanol–water partition coefficient (Wildman–Crippen LogP) is 3.30. The summed E-state index contributed by atoms with van der Waals surface area (Å²) in [6, 6.07) is 7.95. The summed E-state index contributed by atoms with van der Waals surface area (Å²) in [5, 5.41) is 9.30. The van der Waals surface area contributed by atoms with E-state index in [2.05, 4.69) is 4.90 Å². The number of para-hydroxylation sites is 1. The lowest BCUT2D eigenvalue weighted by Gasteiger charge is -2.44. The molecule has 1 aromatic carbocycles. The van der Waals surface area contributed by atoms with Crippen LogP contribution in [0.3, 0.4) is 0 Å². The Morgan fingerprint density at radius 3 is 2.57 bits per heavy atom. The van der Waals surface area contributed by atoms with Gasteiger partial charge in [0, 0.05) is 17.6 Å². The maximum Gasteiger partial charge on any atom is 0.305 e. The molecule has 0 aliphatic heterocycles. The lowest BCUT2D eigenvalue weighted by molar-refractivity contribution is -0.141. The summed E-state index contributed by atoms with van der Waals surface area (Å²) in [5.74, 6) is 0.161. The molecule has 1 N–H and O–H groups in total. The number of carboxylic acids is 1. The van der Waals surface area contributed by atoms with Crippen molar-refractivity contribution in [2.75, 3.05) is 14.2 Å². The van der Waals surface area contributed by atoms with Crippen molar-refractivity contribution in [3.8, 4) is 5.75 Å². The smallest absolute Gasteiger partial charge is 0.305 e. The Morgan fingerprint density at radius 2 is 1.95 bits per heavy atom. The first kappa shape index (κ1) is 15.8. The Morgan fingerprint density at radius 1 is 1.29 bits per heavy atom.